The van der Waals surface area contributed by atoms with E-state index in [1.54, 1.807) is 16.0 Å². The first-order chi connectivity index (χ1) is 11.3. The molecular formula is C17H18N4OS. The minimum atomic E-state index is -0.136. The highest BCUT2D eigenvalue weighted by Crippen LogP contribution is 2.19. The Morgan fingerprint density at radius 3 is 2.78 bits per heavy atom. The highest BCUT2D eigenvalue weighted by Gasteiger charge is 2.18. The Bertz CT molecular complexity index is 752. The molecule has 0 saturated carbocycles. The predicted octanol–water partition coefficient (Wildman–Crippen LogP) is 3.14. The zero-order chi connectivity index (χ0) is 16.1. The summed E-state index contributed by atoms with van der Waals surface area (Å²) in [5, 5.41) is 14.1. The number of thiophene rings is 1. The van der Waals surface area contributed by atoms with Gasteiger partial charge in [-0.15, -0.1) is 16.4 Å². The number of benzene rings is 1. The Balaban J connectivity index is 1.62. The quantitative estimate of drug-likeness (QED) is 0.757. The normalized spacial score (nSPS) is 12.0. The fraction of sp³-hybridized carbons (Fsp3) is 0.235. The van der Waals surface area contributed by atoms with E-state index >= 15 is 0 Å². The molecule has 3 aromatic rings. The summed E-state index contributed by atoms with van der Waals surface area (Å²) < 4.78 is 1.72. The molecule has 23 heavy (non-hydrogen) atoms. The summed E-state index contributed by atoms with van der Waals surface area (Å²) in [5.74, 6) is -0.118. The lowest BCUT2D eigenvalue weighted by atomic mass is 9.96. The van der Waals surface area contributed by atoms with Crippen LogP contribution in [-0.4, -0.2) is 20.9 Å². The molecule has 0 saturated heterocycles. The van der Waals surface area contributed by atoms with Crippen LogP contribution in [-0.2, 0) is 11.3 Å². The Kier molecular flexibility index (Phi) is 4.83. The second kappa shape index (κ2) is 7.19. The molecule has 118 valence electrons. The van der Waals surface area contributed by atoms with Crippen LogP contribution in [0.2, 0.25) is 0 Å². The Morgan fingerprint density at radius 2 is 2.09 bits per heavy atom. The molecule has 1 N–H and O–H groups in total. The molecule has 0 unspecified atom stereocenters. The molecule has 0 radical (unpaired) electrons. The van der Waals surface area contributed by atoms with Gasteiger partial charge in [0.1, 0.15) is 10.7 Å². The third-order valence-corrected chi connectivity index (χ3v) is 4.50. The van der Waals surface area contributed by atoms with Crippen molar-refractivity contribution in [2.75, 3.05) is 0 Å². The van der Waals surface area contributed by atoms with Crippen molar-refractivity contribution < 1.29 is 4.79 Å². The van der Waals surface area contributed by atoms with Gasteiger partial charge in [0.25, 0.3) is 0 Å². The van der Waals surface area contributed by atoms with E-state index in [-0.39, 0.29) is 11.8 Å². The maximum Gasteiger partial charge on any atom is 0.227 e. The van der Waals surface area contributed by atoms with Crippen LogP contribution in [0.5, 0.6) is 0 Å². The summed E-state index contributed by atoms with van der Waals surface area (Å²) in [5.41, 5.74) is 1.78. The van der Waals surface area contributed by atoms with Crippen LogP contribution in [0.25, 0.3) is 5.00 Å². The van der Waals surface area contributed by atoms with Gasteiger partial charge in [-0.2, -0.15) is 0 Å². The largest absolute Gasteiger partial charge is 0.350 e. The van der Waals surface area contributed by atoms with Gasteiger partial charge in [0, 0.05) is 0 Å². The first kappa shape index (κ1) is 15.4. The molecule has 2 aromatic heterocycles. The van der Waals surface area contributed by atoms with E-state index < -0.39 is 0 Å². The minimum Gasteiger partial charge on any atom is -0.350 e. The van der Waals surface area contributed by atoms with Crippen molar-refractivity contribution in [3.05, 3.63) is 65.3 Å². The third kappa shape index (κ3) is 3.65. The fourth-order valence-electron chi connectivity index (χ4n) is 2.45. The van der Waals surface area contributed by atoms with E-state index in [1.165, 1.54) is 0 Å². The standard InChI is InChI=1S/C17H18N4OS/c1-2-15(13-7-4-3-5-8-13)17(22)18-11-14-12-21(20-19-14)16-9-6-10-23-16/h3-10,12,15H,2,11H2,1H3,(H,18,22)/t15-/m1/s1. The average molecular weight is 326 g/mol. The molecule has 1 aromatic carbocycles. The molecular weight excluding hydrogens is 308 g/mol. The Hall–Kier alpha value is -2.47. The van der Waals surface area contributed by atoms with Gasteiger partial charge in [0.15, 0.2) is 0 Å². The van der Waals surface area contributed by atoms with Crippen LogP contribution in [0.15, 0.2) is 54.0 Å². The first-order valence-electron chi connectivity index (χ1n) is 7.55. The summed E-state index contributed by atoms with van der Waals surface area (Å²) in [6.07, 6.45) is 2.60. The number of hydrogen-bond donors (Lipinski definition) is 1. The molecule has 1 amide bonds. The second-order valence-corrected chi connectivity index (χ2v) is 6.12. The SMILES string of the molecule is CC[C@@H](C(=O)NCc1cn(-c2cccs2)nn1)c1ccccc1. The van der Waals surface area contributed by atoms with Crippen molar-refractivity contribution in [1.82, 2.24) is 20.3 Å². The highest BCUT2D eigenvalue weighted by atomic mass is 32.1. The lowest BCUT2D eigenvalue weighted by Crippen LogP contribution is -2.28. The second-order valence-electron chi connectivity index (χ2n) is 5.20. The third-order valence-electron chi connectivity index (χ3n) is 3.64. The average Bonchev–Trinajstić information content (AvgIpc) is 3.26. The van der Waals surface area contributed by atoms with Crippen molar-refractivity contribution in [3.8, 4) is 5.00 Å². The van der Waals surface area contributed by atoms with Gasteiger partial charge >= 0.3 is 0 Å². The van der Waals surface area contributed by atoms with Crippen LogP contribution in [0.4, 0.5) is 0 Å². The zero-order valence-electron chi connectivity index (χ0n) is 12.8. The number of hydrogen-bond acceptors (Lipinski definition) is 4. The molecule has 0 aliphatic carbocycles. The monoisotopic (exact) mass is 326 g/mol. The molecule has 0 aliphatic rings. The lowest BCUT2D eigenvalue weighted by molar-refractivity contribution is -0.122. The van der Waals surface area contributed by atoms with Crippen molar-refractivity contribution in [2.45, 2.75) is 25.8 Å². The van der Waals surface area contributed by atoms with Gasteiger partial charge in [-0.3, -0.25) is 4.79 Å². The van der Waals surface area contributed by atoms with Gasteiger partial charge in [0.05, 0.1) is 18.7 Å². The van der Waals surface area contributed by atoms with Crippen LogP contribution >= 0.6 is 11.3 Å². The molecule has 6 heteroatoms. The summed E-state index contributed by atoms with van der Waals surface area (Å²) in [4.78, 5) is 12.4. The first-order valence-corrected chi connectivity index (χ1v) is 8.43. The van der Waals surface area contributed by atoms with Gasteiger partial charge in [0.2, 0.25) is 5.91 Å². The maximum atomic E-state index is 12.4. The van der Waals surface area contributed by atoms with Crippen molar-refractivity contribution in [1.29, 1.82) is 0 Å². The zero-order valence-corrected chi connectivity index (χ0v) is 13.7. The van der Waals surface area contributed by atoms with Gasteiger partial charge in [-0.1, -0.05) is 42.5 Å². The number of amides is 1. The van der Waals surface area contributed by atoms with Crippen LogP contribution in [0.3, 0.4) is 0 Å². The van der Waals surface area contributed by atoms with Crippen molar-refractivity contribution >= 4 is 17.2 Å². The number of carbonyl (C=O) groups excluding carboxylic acids is 1. The van der Waals surface area contributed by atoms with Crippen molar-refractivity contribution in [2.24, 2.45) is 0 Å². The van der Waals surface area contributed by atoms with E-state index in [9.17, 15) is 4.79 Å². The fourth-order valence-corrected chi connectivity index (χ4v) is 3.10. The highest BCUT2D eigenvalue weighted by molar-refractivity contribution is 7.12. The Morgan fingerprint density at radius 1 is 1.26 bits per heavy atom. The smallest absolute Gasteiger partial charge is 0.227 e. The summed E-state index contributed by atoms with van der Waals surface area (Å²) >= 11 is 1.59. The van der Waals surface area contributed by atoms with E-state index in [4.69, 9.17) is 0 Å². The van der Waals surface area contributed by atoms with Gasteiger partial charge in [-0.25, -0.2) is 4.68 Å². The number of nitrogens with zero attached hydrogens (tertiary/aromatic N) is 3. The summed E-state index contributed by atoms with van der Waals surface area (Å²) in [6, 6.07) is 13.8. The number of nitrogens with one attached hydrogen (secondary N) is 1. The molecule has 3 rings (SSSR count). The van der Waals surface area contributed by atoms with Crippen LogP contribution in [0, 0.1) is 0 Å². The molecule has 5 nitrogen and oxygen atoms in total. The lowest BCUT2D eigenvalue weighted by Gasteiger charge is -2.14. The van der Waals surface area contributed by atoms with E-state index in [0.29, 0.717) is 6.54 Å². The maximum absolute atomic E-state index is 12.4. The molecule has 1 atom stereocenters. The molecule has 0 bridgehead atoms. The number of aromatic nitrogens is 3. The number of rotatable bonds is 6. The Labute approximate surface area is 139 Å². The van der Waals surface area contributed by atoms with Crippen LogP contribution < -0.4 is 5.32 Å². The van der Waals surface area contributed by atoms with Crippen LogP contribution in [0.1, 0.15) is 30.5 Å². The molecule has 0 spiro atoms. The molecule has 2 heterocycles. The predicted molar refractivity (Wildman–Crippen MR) is 90.6 cm³/mol. The van der Waals surface area contributed by atoms with E-state index in [0.717, 1.165) is 22.7 Å². The summed E-state index contributed by atoms with van der Waals surface area (Å²) in [7, 11) is 0. The van der Waals surface area contributed by atoms with Gasteiger partial charge in [-0.05, 0) is 29.5 Å². The topological polar surface area (TPSA) is 59.8 Å². The molecule has 0 fully saturated rings. The van der Waals surface area contributed by atoms with E-state index in [2.05, 4.69) is 15.6 Å². The van der Waals surface area contributed by atoms with Crippen molar-refractivity contribution in [3.63, 3.8) is 0 Å². The summed E-state index contributed by atoms with van der Waals surface area (Å²) in [6.45, 7) is 2.40. The number of carbonyl (C=O) groups is 1. The minimum absolute atomic E-state index is 0.0179. The molecule has 0 aliphatic heterocycles. The van der Waals surface area contributed by atoms with E-state index in [1.807, 2.05) is 61.0 Å². The van der Waals surface area contributed by atoms with Gasteiger partial charge < -0.3 is 5.32 Å².